The van der Waals surface area contributed by atoms with Gasteiger partial charge in [-0.05, 0) is 49.2 Å². The van der Waals surface area contributed by atoms with Crippen LogP contribution in [0.1, 0.15) is 34.7 Å². The first-order valence-corrected chi connectivity index (χ1v) is 13.7. The third-order valence-electron chi connectivity index (χ3n) is 6.34. The highest BCUT2D eigenvalue weighted by atomic mass is 79.9. The van der Waals surface area contributed by atoms with Crippen molar-refractivity contribution in [1.29, 1.82) is 0 Å². The van der Waals surface area contributed by atoms with Crippen LogP contribution in [0.2, 0.25) is 0 Å². The summed E-state index contributed by atoms with van der Waals surface area (Å²) in [6.45, 7) is 3.59. The zero-order chi connectivity index (χ0) is 27.7. The second-order valence-corrected chi connectivity index (χ2v) is 10.9. The molecule has 1 aromatic heterocycles. The monoisotopic (exact) mass is 606 g/mol. The number of halogens is 1. The highest BCUT2D eigenvalue weighted by Gasteiger charge is 2.33. The van der Waals surface area contributed by atoms with Crippen molar-refractivity contribution >= 4 is 49.8 Å². The summed E-state index contributed by atoms with van der Waals surface area (Å²) in [5.74, 6) is -0.679. The van der Waals surface area contributed by atoms with Crippen LogP contribution in [0.5, 0.6) is 5.75 Å². The Labute approximate surface area is 236 Å². The number of hydrogen-bond donors (Lipinski definition) is 1. The van der Waals surface area contributed by atoms with Crippen LogP contribution in [0, 0.1) is 24.0 Å². The molecule has 1 atom stereocenters. The van der Waals surface area contributed by atoms with E-state index in [2.05, 4.69) is 34.1 Å². The lowest BCUT2D eigenvalue weighted by Crippen LogP contribution is -2.18. The molecule has 0 saturated heterocycles. The minimum absolute atomic E-state index is 0.0156. The molecule has 4 aromatic rings. The summed E-state index contributed by atoms with van der Waals surface area (Å²) >= 11 is 4.85. The van der Waals surface area contributed by atoms with E-state index in [-0.39, 0.29) is 11.7 Å². The molecule has 0 unspecified atom stereocenters. The van der Waals surface area contributed by atoms with Gasteiger partial charge in [-0.25, -0.2) is 14.8 Å². The number of aromatic nitrogens is 1. The number of carbonyl (C=O) groups is 1. The van der Waals surface area contributed by atoms with E-state index in [4.69, 9.17) is 19.9 Å². The van der Waals surface area contributed by atoms with Crippen molar-refractivity contribution in [3.63, 3.8) is 0 Å². The third-order valence-corrected chi connectivity index (χ3v) is 7.66. The van der Waals surface area contributed by atoms with Crippen LogP contribution in [0.25, 0.3) is 11.3 Å². The van der Waals surface area contributed by atoms with Crippen molar-refractivity contribution in [2.24, 2.45) is 5.10 Å². The molecule has 0 bridgehead atoms. The second kappa shape index (κ2) is 11.0. The Balaban J connectivity index is 1.57. The molecule has 3 aromatic carbocycles. The van der Waals surface area contributed by atoms with E-state index in [1.54, 1.807) is 24.3 Å². The fourth-order valence-corrected chi connectivity index (χ4v) is 5.65. The molecule has 1 N–H and O–H groups in total. The zero-order valence-corrected chi connectivity index (χ0v) is 23.4. The summed E-state index contributed by atoms with van der Waals surface area (Å²) in [5.41, 5.74) is 6.12. The number of carboxylic acids is 1. The van der Waals surface area contributed by atoms with Gasteiger partial charge < -0.3 is 9.84 Å². The maximum Gasteiger partial charge on any atom is 0.341 e. The van der Waals surface area contributed by atoms with Gasteiger partial charge in [0.1, 0.15) is 5.75 Å². The molecule has 0 aliphatic carbocycles. The number of carboxylic acid groups (broad SMARTS) is 1. The van der Waals surface area contributed by atoms with Gasteiger partial charge in [0.25, 0.3) is 5.69 Å². The van der Waals surface area contributed by atoms with E-state index in [1.807, 2.05) is 36.4 Å². The Morgan fingerprint density at radius 1 is 1.18 bits per heavy atom. The van der Waals surface area contributed by atoms with Gasteiger partial charge in [0.15, 0.2) is 6.61 Å². The first-order valence-electron chi connectivity index (χ1n) is 12.0. The largest absolute Gasteiger partial charge is 0.481 e. The van der Waals surface area contributed by atoms with Crippen molar-refractivity contribution in [2.45, 2.75) is 26.3 Å². The molecule has 5 rings (SSSR count). The van der Waals surface area contributed by atoms with E-state index < -0.39 is 17.5 Å². The lowest BCUT2D eigenvalue weighted by atomic mass is 9.95. The smallest absolute Gasteiger partial charge is 0.341 e. The van der Waals surface area contributed by atoms with Gasteiger partial charge in [0.2, 0.25) is 5.13 Å². The van der Waals surface area contributed by atoms with Gasteiger partial charge in [-0.1, -0.05) is 45.8 Å². The number of aliphatic carboxylic acids is 1. The van der Waals surface area contributed by atoms with E-state index in [9.17, 15) is 14.9 Å². The molecule has 198 valence electrons. The summed E-state index contributed by atoms with van der Waals surface area (Å²) < 4.78 is 6.30. The number of hydrogen-bond acceptors (Lipinski definition) is 8. The van der Waals surface area contributed by atoms with Crippen LogP contribution in [-0.2, 0) is 4.79 Å². The van der Waals surface area contributed by atoms with Gasteiger partial charge >= 0.3 is 5.97 Å². The molecule has 11 heteroatoms. The summed E-state index contributed by atoms with van der Waals surface area (Å²) in [5, 5.41) is 29.8. The van der Waals surface area contributed by atoms with E-state index in [0.717, 1.165) is 32.4 Å². The lowest BCUT2D eigenvalue weighted by molar-refractivity contribution is -0.384. The number of thiazole rings is 1. The summed E-state index contributed by atoms with van der Waals surface area (Å²) in [4.78, 5) is 27.0. The fraction of sp³-hybridized carbons (Fsp3) is 0.179. The van der Waals surface area contributed by atoms with Crippen molar-refractivity contribution < 1.29 is 19.6 Å². The van der Waals surface area contributed by atoms with Crippen molar-refractivity contribution in [3.8, 4) is 17.0 Å². The lowest BCUT2D eigenvalue weighted by Gasteiger charge is -2.21. The molecular formula is C28H23BrN4O5S. The average molecular weight is 607 g/mol. The maximum atomic E-state index is 11.5. The first-order chi connectivity index (χ1) is 18.7. The topological polar surface area (TPSA) is 118 Å². The average Bonchev–Trinajstić information content (AvgIpc) is 3.57. The number of rotatable bonds is 8. The number of hydrazone groups is 1. The molecule has 0 saturated carbocycles. The number of anilines is 1. The van der Waals surface area contributed by atoms with E-state index >= 15 is 0 Å². The van der Waals surface area contributed by atoms with Crippen LogP contribution in [0.4, 0.5) is 10.8 Å². The second-order valence-electron chi connectivity index (χ2n) is 9.12. The van der Waals surface area contributed by atoms with Crippen molar-refractivity contribution in [3.05, 3.63) is 103 Å². The first kappa shape index (κ1) is 26.5. The number of nitro groups is 1. The van der Waals surface area contributed by atoms with Gasteiger partial charge in [0, 0.05) is 39.5 Å². The number of non-ortho nitro benzene ring substituents is 1. The number of nitro benzene ring substituents is 1. The molecule has 0 spiro atoms. The molecule has 9 nitrogen and oxygen atoms in total. The van der Waals surface area contributed by atoms with Crippen molar-refractivity contribution in [2.75, 3.05) is 11.6 Å². The van der Waals surface area contributed by atoms with Crippen molar-refractivity contribution in [1.82, 2.24) is 4.98 Å². The normalized spacial score (nSPS) is 14.8. The summed E-state index contributed by atoms with van der Waals surface area (Å²) in [6, 6.07) is 17.8. The highest BCUT2D eigenvalue weighted by molar-refractivity contribution is 9.10. The van der Waals surface area contributed by atoms with Crippen LogP contribution < -0.4 is 9.75 Å². The molecule has 1 aliphatic rings. The molecule has 2 heterocycles. The van der Waals surface area contributed by atoms with Crippen LogP contribution in [-0.4, -0.2) is 33.3 Å². The third kappa shape index (κ3) is 5.69. The SMILES string of the molecule is Cc1ccc(C)c(C2=NN(c3nc(-c4cc(Br)ccc4OCC(=O)O)cs3)[C@H](c3cccc([N+](=O)[O-])c3)C2)c1. The van der Waals surface area contributed by atoms with E-state index in [1.165, 1.54) is 17.4 Å². The van der Waals surface area contributed by atoms with Gasteiger partial charge in [-0.2, -0.15) is 5.10 Å². The Kier molecular flexibility index (Phi) is 7.45. The standard InChI is InChI=1S/C28H23BrN4O5S/c1-16-6-7-17(2)21(10-16)23-13-25(18-4-3-5-20(11-18)33(36)37)32(31-23)28-30-24(15-39-28)22-12-19(29)8-9-26(22)38-14-27(34)35/h3-12,15,25H,13-14H2,1-2H3,(H,34,35)/t25-/m0/s1. The van der Waals surface area contributed by atoms with E-state index in [0.29, 0.717) is 28.6 Å². The Bertz CT molecular complexity index is 1620. The number of aryl methyl sites for hydroxylation is 2. The minimum atomic E-state index is -1.08. The Morgan fingerprint density at radius 3 is 2.77 bits per heavy atom. The number of benzene rings is 3. The Morgan fingerprint density at radius 2 is 2.00 bits per heavy atom. The molecular weight excluding hydrogens is 584 g/mol. The minimum Gasteiger partial charge on any atom is -0.481 e. The predicted molar refractivity (Wildman–Crippen MR) is 154 cm³/mol. The van der Waals surface area contributed by atoms with Gasteiger partial charge in [-0.15, -0.1) is 11.3 Å². The van der Waals surface area contributed by atoms with Crippen LogP contribution in [0.3, 0.4) is 0 Å². The molecule has 0 amide bonds. The number of ether oxygens (including phenoxy) is 1. The summed E-state index contributed by atoms with van der Waals surface area (Å²) in [7, 11) is 0. The van der Waals surface area contributed by atoms with Gasteiger partial charge in [0.05, 0.1) is 22.4 Å². The molecule has 0 fully saturated rings. The van der Waals surface area contributed by atoms with Crippen LogP contribution >= 0.6 is 27.3 Å². The fourth-order valence-electron chi connectivity index (χ4n) is 4.46. The summed E-state index contributed by atoms with van der Waals surface area (Å²) in [6.07, 6.45) is 0.546. The van der Waals surface area contributed by atoms with Crippen LogP contribution in [0.15, 0.2) is 75.6 Å². The molecule has 0 radical (unpaired) electrons. The quantitative estimate of drug-likeness (QED) is 0.171. The molecule has 39 heavy (non-hydrogen) atoms. The molecule has 1 aliphatic heterocycles. The maximum absolute atomic E-state index is 11.5. The Hall–Kier alpha value is -4.09. The number of nitrogens with zero attached hydrogens (tertiary/aromatic N) is 4. The predicted octanol–water partition coefficient (Wildman–Crippen LogP) is 6.92. The zero-order valence-electron chi connectivity index (χ0n) is 21.0. The van der Waals surface area contributed by atoms with Gasteiger partial charge in [-0.3, -0.25) is 10.1 Å². The highest BCUT2D eigenvalue weighted by Crippen LogP contribution is 2.42.